The fourth-order valence-electron chi connectivity index (χ4n) is 3.42. The normalized spacial score (nSPS) is 26.0. The molecule has 2 aliphatic heterocycles. The van der Waals surface area contributed by atoms with Gasteiger partial charge in [-0.05, 0) is 49.2 Å². The highest BCUT2D eigenvalue weighted by Gasteiger charge is 2.43. The van der Waals surface area contributed by atoms with Gasteiger partial charge in [-0.25, -0.2) is 4.39 Å². The summed E-state index contributed by atoms with van der Waals surface area (Å²) in [7, 11) is 0. The largest absolute Gasteiger partial charge is 0.464 e. The van der Waals surface area contributed by atoms with Gasteiger partial charge in [0.15, 0.2) is 0 Å². The van der Waals surface area contributed by atoms with Gasteiger partial charge in [0.25, 0.3) is 0 Å². The predicted octanol–water partition coefficient (Wildman–Crippen LogP) is 4.04. The number of nitrogens with one attached hydrogen (secondary N) is 1. The molecule has 1 N–H and O–H groups in total. The van der Waals surface area contributed by atoms with Crippen molar-refractivity contribution in [1.29, 1.82) is 0 Å². The van der Waals surface area contributed by atoms with Crippen molar-refractivity contribution < 1.29 is 13.9 Å². The van der Waals surface area contributed by atoms with Crippen LogP contribution in [0.5, 0.6) is 5.75 Å². The third-order valence-electron chi connectivity index (χ3n) is 4.52. The van der Waals surface area contributed by atoms with E-state index in [4.69, 9.17) is 9.47 Å². The molecule has 0 aromatic heterocycles. The lowest BCUT2D eigenvalue weighted by Gasteiger charge is -2.36. The first-order valence-electron chi connectivity index (χ1n) is 7.62. The third kappa shape index (κ3) is 2.24. The summed E-state index contributed by atoms with van der Waals surface area (Å²) in [5, 5.41) is 3.55. The molecule has 0 spiro atoms. The Kier molecular flexibility index (Phi) is 3.26. The van der Waals surface area contributed by atoms with Crippen LogP contribution in [0.2, 0.25) is 0 Å². The smallest absolute Gasteiger partial charge is 0.205 e. The Morgan fingerprint density at radius 2 is 1.95 bits per heavy atom. The molecule has 2 aromatic rings. The van der Waals surface area contributed by atoms with Gasteiger partial charge in [0.05, 0.1) is 12.6 Å². The Morgan fingerprint density at radius 3 is 2.77 bits per heavy atom. The average molecular weight is 299 g/mol. The first-order valence-corrected chi connectivity index (χ1v) is 7.62. The summed E-state index contributed by atoms with van der Waals surface area (Å²) in [5.74, 6) is 0.914. The van der Waals surface area contributed by atoms with E-state index in [0.29, 0.717) is 6.61 Å². The van der Waals surface area contributed by atoms with Crippen LogP contribution in [0.3, 0.4) is 0 Å². The predicted molar refractivity (Wildman–Crippen MR) is 82.4 cm³/mol. The minimum atomic E-state index is -0.226. The quantitative estimate of drug-likeness (QED) is 0.907. The highest BCUT2D eigenvalue weighted by Crippen LogP contribution is 2.46. The Morgan fingerprint density at radius 1 is 1.14 bits per heavy atom. The lowest BCUT2D eigenvalue weighted by molar-refractivity contribution is -0.0748. The maximum atomic E-state index is 13.1. The number of rotatable bonds is 2. The summed E-state index contributed by atoms with van der Waals surface area (Å²) in [6, 6.07) is 12.7. The number of fused-ring (bicyclic) bond motifs is 2. The highest BCUT2D eigenvalue weighted by atomic mass is 19.1. The topological polar surface area (TPSA) is 30.5 Å². The number of anilines is 1. The molecule has 2 aliphatic rings. The first kappa shape index (κ1) is 13.6. The molecule has 3 nitrogen and oxygen atoms in total. The SMILES string of the molecule is Cc1cccc2c1[C@H](Nc1ccc(F)cc1)[C@@H]1CCO[C@@H]1O2. The lowest BCUT2D eigenvalue weighted by Crippen LogP contribution is -2.36. The van der Waals surface area contributed by atoms with Crippen LogP contribution in [0, 0.1) is 18.7 Å². The second-order valence-corrected chi connectivity index (χ2v) is 5.93. The second-order valence-electron chi connectivity index (χ2n) is 5.93. The summed E-state index contributed by atoms with van der Waals surface area (Å²) in [4.78, 5) is 0. The van der Waals surface area contributed by atoms with Crippen molar-refractivity contribution in [2.24, 2.45) is 5.92 Å². The van der Waals surface area contributed by atoms with Crippen LogP contribution >= 0.6 is 0 Å². The molecule has 4 rings (SSSR count). The van der Waals surface area contributed by atoms with E-state index in [1.807, 2.05) is 12.1 Å². The molecule has 1 saturated heterocycles. The molecule has 0 amide bonds. The van der Waals surface area contributed by atoms with Gasteiger partial charge in [-0.2, -0.15) is 0 Å². The molecule has 0 unspecified atom stereocenters. The molecular weight excluding hydrogens is 281 g/mol. The van der Waals surface area contributed by atoms with Crippen LogP contribution in [-0.4, -0.2) is 12.9 Å². The maximum Gasteiger partial charge on any atom is 0.205 e. The van der Waals surface area contributed by atoms with Gasteiger partial charge >= 0.3 is 0 Å². The number of benzene rings is 2. The standard InChI is InChI=1S/C18H18FNO2/c1-11-3-2-4-15-16(11)17(14-9-10-21-18(14)22-15)20-13-7-5-12(19)6-8-13/h2-8,14,17-18,20H,9-10H2,1H3/t14-,17+,18+/m0/s1. The van der Waals surface area contributed by atoms with E-state index in [0.717, 1.165) is 17.9 Å². The van der Waals surface area contributed by atoms with Gasteiger partial charge in [-0.3, -0.25) is 0 Å². The molecule has 1 fully saturated rings. The molecular formula is C18H18FNO2. The van der Waals surface area contributed by atoms with Crippen LogP contribution in [0.15, 0.2) is 42.5 Å². The minimum absolute atomic E-state index is 0.114. The molecule has 22 heavy (non-hydrogen) atoms. The zero-order valence-electron chi connectivity index (χ0n) is 12.4. The molecule has 2 aromatic carbocycles. The molecule has 2 heterocycles. The zero-order chi connectivity index (χ0) is 15.1. The second kappa shape index (κ2) is 5.29. The van der Waals surface area contributed by atoms with Gasteiger partial charge < -0.3 is 14.8 Å². The van der Waals surface area contributed by atoms with E-state index in [1.165, 1.54) is 23.3 Å². The van der Waals surface area contributed by atoms with Gasteiger partial charge in [-0.1, -0.05) is 12.1 Å². The van der Waals surface area contributed by atoms with Crippen LogP contribution < -0.4 is 10.1 Å². The molecule has 0 radical (unpaired) electrons. The van der Waals surface area contributed by atoms with Crippen molar-refractivity contribution in [3.05, 3.63) is 59.4 Å². The number of ether oxygens (including phenoxy) is 2. The number of aryl methyl sites for hydroxylation is 1. The lowest BCUT2D eigenvalue weighted by atomic mass is 9.86. The maximum absolute atomic E-state index is 13.1. The van der Waals surface area contributed by atoms with E-state index >= 15 is 0 Å². The van der Waals surface area contributed by atoms with Gasteiger partial charge in [-0.15, -0.1) is 0 Å². The van der Waals surface area contributed by atoms with Crippen molar-refractivity contribution in [1.82, 2.24) is 0 Å². The Labute approximate surface area is 129 Å². The molecule has 114 valence electrons. The molecule has 0 aliphatic carbocycles. The minimum Gasteiger partial charge on any atom is -0.464 e. The monoisotopic (exact) mass is 299 g/mol. The molecule has 0 saturated carbocycles. The van der Waals surface area contributed by atoms with Crippen LogP contribution in [0.25, 0.3) is 0 Å². The van der Waals surface area contributed by atoms with E-state index in [2.05, 4.69) is 18.3 Å². The molecule has 0 bridgehead atoms. The van der Waals surface area contributed by atoms with Gasteiger partial charge in [0, 0.05) is 17.2 Å². The fourth-order valence-corrected chi connectivity index (χ4v) is 3.42. The van der Waals surface area contributed by atoms with E-state index < -0.39 is 0 Å². The number of halogens is 1. The molecule has 4 heteroatoms. The van der Waals surface area contributed by atoms with Crippen LogP contribution in [0.1, 0.15) is 23.6 Å². The van der Waals surface area contributed by atoms with Crippen molar-refractivity contribution >= 4 is 5.69 Å². The fraction of sp³-hybridized carbons (Fsp3) is 0.333. The Bertz CT molecular complexity index is 686. The van der Waals surface area contributed by atoms with Gasteiger partial charge in [0.1, 0.15) is 11.6 Å². The van der Waals surface area contributed by atoms with E-state index in [-0.39, 0.29) is 24.1 Å². The summed E-state index contributed by atoms with van der Waals surface area (Å²) in [6.45, 7) is 2.81. The number of hydrogen-bond acceptors (Lipinski definition) is 3. The van der Waals surface area contributed by atoms with Crippen molar-refractivity contribution in [3.63, 3.8) is 0 Å². The average Bonchev–Trinajstić information content (AvgIpc) is 2.97. The van der Waals surface area contributed by atoms with Crippen molar-refractivity contribution in [2.75, 3.05) is 11.9 Å². The summed E-state index contributed by atoms with van der Waals surface area (Å²) in [5.41, 5.74) is 3.29. The van der Waals surface area contributed by atoms with Crippen molar-refractivity contribution in [2.45, 2.75) is 25.7 Å². The highest BCUT2D eigenvalue weighted by molar-refractivity contribution is 5.51. The van der Waals surface area contributed by atoms with Crippen LogP contribution in [-0.2, 0) is 4.74 Å². The van der Waals surface area contributed by atoms with E-state index in [9.17, 15) is 4.39 Å². The third-order valence-corrected chi connectivity index (χ3v) is 4.52. The number of hydrogen-bond donors (Lipinski definition) is 1. The Hall–Kier alpha value is -2.07. The Balaban J connectivity index is 1.73. The summed E-state index contributed by atoms with van der Waals surface area (Å²) >= 11 is 0. The van der Waals surface area contributed by atoms with Gasteiger partial charge in [0.2, 0.25) is 6.29 Å². The molecule has 3 atom stereocenters. The van der Waals surface area contributed by atoms with Crippen molar-refractivity contribution in [3.8, 4) is 5.75 Å². The zero-order valence-corrected chi connectivity index (χ0v) is 12.4. The van der Waals surface area contributed by atoms with E-state index in [1.54, 1.807) is 12.1 Å². The summed E-state index contributed by atoms with van der Waals surface area (Å²) < 4.78 is 24.8. The van der Waals surface area contributed by atoms with Crippen LogP contribution in [0.4, 0.5) is 10.1 Å². The first-order chi connectivity index (χ1) is 10.7. The summed E-state index contributed by atoms with van der Waals surface area (Å²) in [6.07, 6.45) is 0.754.